The fourth-order valence-corrected chi connectivity index (χ4v) is 2.23. The molecule has 0 atom stereocenters. The highest BCUT2D eigenvalue weighted by Crippen LogP contribution is 2.30. The lowest BCUT2D eigenvalue weighted by atomic mass is 10.1. The third kappa shape index (κ3) is 5.87. The Bertz CT molecular complexity index is 764. The van der Waals surface area contributed by atoms with Gasteiger partial charge < -0.3 is 20.5 Å². The molecule has 3 N–H and O–H groups in total. The van der Waals surface area contributed by atoms with Crippen LogP contribution in [-0.2, 0) is 11.2 Å². The first-order valence-corrected chi connectivity index (χ1v) is 7.79. The van der Waals surface area contributed by atoms with Gasteiger partial charge in [0.25, 0.3) is 0 Å². The van der Waals surface area contributed by atoms with Crippen molar-refractivity contribution in [2.75, 3.05) is 24.8 Å². The molecule has 8 heteroatoms. The summed E-state index contributed by atoms with van der Waals surface area (Å²) in [6.45, 7) is -1.40. The largest absolute Gasteiger partial charge is 0.493 e. The number of hydrogen-bond donors (Lipinski definition) is 2. The van der Waals surface area contributed by atoms with Crippen molar-refractivity contribution in [2.24, 2.45) is 0 Å². The number of para-hydroxylation sites is 2. The van der Waals surface area contributed by atoms with Crippen LogP contribution in [0.2, 0.25) is 0 Å². The molecule has 5 nitrogen and oxygen atoms in total. The molecule has 2 aromatic rings. The van der Waals surface area contributed by atoms with Gasteiger partial charge in [-0.05, 0) is 36.2 Å². The molecule has 2 rings (SSSR count). The SMILES string of the molecule is COc1cc(CCC(=O)Nc2ccccc2N)ccc1OCC(F)(F)F. The molecule has 0 aliphatic rings. The van der Waals surface area contributed by atoms with E-state index in [9.17, 15) is 18.0 Å². The highest BCUT2D eigenvalue weighted by molar-refractivity contribution is 5.93. The molecule has 1 amide bonds. The van der Waals surface area contributed by atoms with Gasteiger partial charge in [-0.15, -0.1) is 0 Å². The van der Waals surface area contributed by atoms with Crippen LogP contribution >= 0.6 is 0 Å². The smallest absolute Gasteiger partial charge is 0.422 e. The predicted molar refractivity (Wildman–Crippen MR) is 92.3 cm³/mol. The standard InChI is InChI=1S/C18H19F3N2O3/c1-25-16-10-12(6-8-15(16)26-11-18(19,20)21)7-9-17(24)23-14-5-3-2-4-13(14)22/h2-6,8,10H,7,9,11,22H2,1H3,(H,23,24). The molecule has 0 spiro atoms. The molecule has 0 radical (unpaired) electrons. The van der Waals surface area contributed by atoms with E-state index in [4.69, 9.17) is 15.2 Å². The molecule has 26 heavy (non-hydrogen) atoms. The van der Waals surface area contributed by atoms with E-state index in [0.717, 1.165) is 5.56 Å². The number of ether oxygens (including phenoxy) is 2. The number of anilines is 2. The second-order valence-electron chi connectivity index (χ2n) is 5.52. The number of rotatable bonds is 7. The number of hydrogen-bond acceptors (Lipinski definition) is 4. The molecule has 0 aromatic heterocycles. The van der Waals surface area contributed by atoms with Gasteiger partial charge in [-0.1, -0.05) is 18.2 Å². The van der Waals surface area contributed by atoms with Crippen LogP contribution in [0.5, 0.6) is 11.5 Å². The number of alkyl halides is 3. The molecule has 0 aliphatic heterocycles. The Kier molecular flexibility index (Phi) is 6.32. The van der Waals surface area contributed by atoms with Crippen LogP contribution < -0.4 is 20.5 Å². The number of amides is 1. The lowest BCUT2D eigenvalue weighted by Crippen LogP contribution is -2.19. The summed E-state index contributed by atoms with van der Waals surface area (Å²) in [6, 6.07) is 11.4. The van der Waals surface area contributed by atoms with Gasteiger partial charge in [0.1, 0.15) is 0 Å². The highest BCUT2D eigenvalue weighted by Gasteiger charge is 2.29. The number of nitrogen functional groups attached to an aromatic ring is 1. The van der Waals surface area contributed by atoms with E-state index >= 15 is 0 Å². The van der Waals surface area contributed by atoms with Crippen molar-refractivity contribution in [3.63, 3.8) is 0 Å². The number of aryl methyl sites for hydroxylation is 1. The molecule has 0 aliphatic carbocycles. The summed E-state index contributed by atoms with van der Waals surface area (Å²) in [5.41, 5.74) is 7.50. The molecule has 140 valence electrons. The monoisotopic (exact) mass is 368 g/mol. The minimum Gasteiger partial charge on any atom is -0.493 e. The zero-order valence-corrected chi connectivity index (χ0v) is 14.1. The van der Waals surface area contributed by atoms with E-state index in [1.807, 2.05) is 0 Å². The van der Waals surface area contributed by atoms with E-state index < -0.39 is 12.8 Å². The first-order valence-electron chi connectivity index (χ1n) is 7.79. The lowest BCUT2D eigenvalue weighted by molar-refractivity contribution is -0.153. The van der Waals surface area contributed by atoms with Gasteiger partial charge >= 0.3 is 6.18 Å². The van der Waals surface area contributed by atoms with Gasteiger partial charge in [-0.2, -0.15) is 13.2 Å². The van der Waals surface area contributed by atoms with E-state index in [2.05, 4.69) is 5.32 Å². The van der Waals surface area contributed by atoms with Crippen LogP contribution in [0.15, 0.2) is 42.5 Å². The number of halogens is 3. The summed E-state index contributed by atoms with van der Waals surface area (Å²) in [5.74, 6) is -0.0474. The topological polar surface area (TPSA) is 73.6 Å². The summed E-state index contributed by atoms with van der Waals surface area (Å²) in [4.78, 5) is 12.0. The Morgan fingerprint density at radius 2 is 1.88 bits per heavy atom. The van der Waals surface area contributed by atoms with Crippen molar-refractivity contribution in [1.82, 2.24) is 0 Å². The molecule has 0 heterocycles. The zero-order valence-electron chi connectivity index (χ0n) is 14.1. The number of methoxy groups -OCH3 is 1. The molecule has 0 saturated carbocycles. The van der Waals surface area contributed by atoms with Crippen LogP contribution in [0, 0.1) is 0 Å². The summed E-state index contributed by atoms with van der Waals surface area (Å²) in [7, 11) is 1.34. The van der Waals surface area contributed by atoms with E-state index in [1.54, 1.807) is 36.4 Å². The molecule has 2 aromatic carbocycles. The minimum atomic E-state index is -4.43. The number of nitrogens with one attached hydrogen (secondary N) is 1. The number of nitrogens with two attached hydrogens (primary N) is 1. The molecule has 0 saturated heterocycles. The lowest BCUT2D eigenvalue weighted by Gasteiger charge is -2.13. The van der Waals surface area contributed by atoms with Crippen molar-refractivity contribution >= 4 is 17.3 Å². The average molecular weight is 368 g/mol. The van der Waals surface area contributed by atoms with Crippen LogP contribution in [0.25, 0.3) is 0 Å². The van der Waals surface area contributed by atoms with Gasteiger partial charge in [-0.25, -0.2) is 0 Å². The maximum absolute atomic E-state index is 12.3. The van der Waals surface area contributed by atoms with Crippen LogP contribution in [0.4, 0.5) is 24.5 Å². The van der Waals surface area contributed by atoms with Crippen LogP contribution in [0.1, 0.15) is 12.0 Å². The summed E-state index contributed by atoms with van der Waals surface area (Å²) in [5, 5.41) is 2.71. The Labute approximate surface area is 148 Å². The second-order valence-corrected chi connectivity index (χ2v) is 5.52. The third-order valence-electron chi connectivity index (χ3n) is 3.49. The Morgan fingerprint density at radius 3 is 2.54 bits per heavy atom. The van der Waals surface area contributed by atoms with Gasteiger partial charge in [-0.3, -0.25) is 4.79 Å². The normalized spacial score (nSPS) is 11.1. The minimum absolute atomic E-state index is 0.00455. The van der Waals surface area contributed by atoms with Gasteiger partial charge in [0, 0.05) is 6.42 Å². The van der Waals surface area contributed by atoms with Crippen molar-refractivity contribution in [3.05, 3.63) is 48.0 Å². The predicted octanol–water partition coefficient (Wildman–Crippen LogP) is 3.79. The summed E-state index contributed by atoms with van der Waals surface area (Å²) < 4.78 is 46.5. The molecular weight excluding hydrogens is 349 g/mol. The summed E-state index contributed by atoms with van der Waals surface area (Å²) in [6.07, 6.45) is -3.87. The zero-order chi connectivity index (χ0) is 19.2. The third-order valence-corrected chi connectivity index (χ3v) is 3.49. The fraction of sp³-hybridized carbons (Fsp3) is 0.278. The number of carbonyl (C=O) groups excluding carboxylic acids is 1. The highest BCUT2D eigenvalue weighted by atomic mass is 19.4. The Morgan fingerprint density at radius 1 is 1.15 bits per heavy atom. The first-order chi connectivity index (χ1) is 12.3. The molecule has 0 fully saturated rings. The fourth-order valence-electron chi connectivity index (χ4n) is 2.23. The van der Waals surface area contributed by atoms with E-state index in [1.165, 1.54) is 13.2 Å². The number of carbonyl (C=O) groups is 1. The van der Waals surface area contributed by atoms with Crippen molar-refractivity contribution in [2.45, 2.75) is 19.0 Å². The quantitative estimate of drug-likeness (QED) is 0.730. The molecule has 0 unspecified atom stereocenters. The summed E-state index contributed by atoms with van der Waals surface area (Å²) >= 11 is 0. The van der Waals surface area contributed by atoms with E-state index in [-0.39, 0.29) is 23.8 Å². The number of benzene rings is 2. The Balaban J connectivity index is 1.95. The van der Waals surface area contributed by atoms with Crippen molar-refractivity contribution < 1.29 is 27.4 Å². The average Bonchev–Trinajstić information content (AvgIpc) is 2.59. The first kappa shape index (κ1) is 19.4. The van der Waals surface area contributed by atoms with E-state index in [0.29, 0.717) is 17.8 Å². The van der Waals surface area contributed by atoms with Gasteiger partial charge in [0.05, 0.1) is 18.5 Å². The van der Waals surface area contributed by atoms with Crippen molar-refractivity contribution in [3.8, 4) is 11.5 Å². The van der Waals surface area contributed by atoms with Crippen molar-refractivity contribution in [1.29, 1.82) is 0 Å². The van der Waals surface area contributed by atoms with Gasteiger partial charge in [0.2, 0.25) is 5.91 Å². The van der Waals surface area contributed by atoms with Crippen LogP contribution in [0.3, 0.4) is 0 Å². The maximum atomic E-state index is 12.3. The van der Waals surface area contributed by atoms with Gasteiger partial charge in [0.15, 0.2) is 18.1 Å². The molecular formula is C18H19F3N2O3. The Hall–Kier alpha value is -2.90. The van der Waals surface area contributed by atoms with Crippen LogP contribution in [-0.4, -0.2) is 25.8 Å². The molecule has 0 bridgehead atoms. The second kappa shape index (κ2) is 8.46. The maximum Gasteiger partial charge on any atom is 0.422 e.